The van der Waals surface area contributed by atoms with Crippen LogP contribution in [0.5, 0.6) is 0 Å². The molecule has 0 aliphatic rings. The second kappa shape index (κ2) is 5.38. The van der Waals surface area contributed by atoms with Crippen LogP contribution in [-0.2, 0) is 4.74 Å². The van der Waals surface area contributed by atoms with Gasteiger partial charge >= 0.3 is 5.97 Å². The predicted octanol–water partition coefficient (Wildman–Crippen LogP) is 3.57. The molecule has 0 aliphatic carbocycles. The van der Waals surface area contributed by atoms with Gasteiger partial charge in [0.15, 0.2) is 0 Å². The minimum absolute atomic E-state index is 0.328. The summed E-state index contributed by atoms with van der Waals surface area (Å²) in [6.07, 6.45) is 0. The van der Waals surface area contributed by atoms with Gasteiger partial charge in [0.05, 0.1) is 17.9 Å². The maximum absolute atomic E-state index is 11.3. The number of rotatable bonds is 3. The summed E-state index contributed by atoms with van der Waals surface area (Å²) >= 11 is 3.19. The summed E-state index contributed by atoms with van der Waals surface area (Å²) in [5.74, 6) is -0.398. The molecule has 1 aromatic rings. The van der Waals surface area contributed by atoms with Crippen molar-refractivity contribution in [3.8, 4) is 0 Å². The fourth-order valence-electron chi connectivity index (χ4n) is 0.978. The first-order chi connectivity index (χ1) is 7.19. The van der Waals surface area contributed by atoms with E-state index >= 15 is 0 Å². The molecule has 0 spiro atoms. The topological polar surface area (TPSA) is 75.1 Å². The lowest BCUT2D eigenvalue weighted by molar-refractivity contribution is 0.0526. The smallest absolute Gasteiger partial charge is 0.338 e. The summed E-state index contributed by atoms with van der Waals surface area (Å²) in [6.45, 7) is 2.07. The Bertz CT molecular complexity index is 427. The summed E-state index contributed by atoms with van der Waals surface area (Å²) in [6, 6.07) is 4.66. The van der Waals surface area contributed by atoms with E-state index in [-0.39, 0.29) is 0 Å². The second-order valence-corrected chi connectivity index (χ2v) is 3.43. The molecule has 0 radical (unpaired) electrons. The third-order valence-corrected chi connectivity index (χ3v) is 2.25. The van der Waals surface area contributed by atoms with Gasteiger partial charge in [0, 0.05) is 9.38 Å². The van der Waals surface area contributed by atoms with Crippen LogP contribution in [-0.4, -0.2) is 12.6 Å². The number of carbonyl (C=O) groups excluding carboxylic acids is 1. The first-order valence-corrected chi connectivity index (χ1v) is 5.00. The fourth-order valence-corrected chi connectivity index (χ4v) is 1.44. The molecule has 1 rings (SSSR count). The fraction of sp³-hybridized carbons (Fsp3) is 0.222. The zero-order chi connectivity index (χ0) is 11.3. The van der Waals surface area contributed by atoms with Gasteiger partial charge in [-0.3, -0.25) is 0 Å². The average Bonchev–Trinajstić information content (AvgIpc) is 2.21. The molecule has 0 saturated heterocycles. The molecule has 0 amide bonds. The number of hydrogen-bond donors (Lipinski definition) is 0. The Morgan fingerprint density at radius 1 is 1.67 bits per heavy atom. The van der Waals surface area contributed by atoms with Crippen molar-refractivity contribution in [2.45, 2.75) is 6.92 Å². The van der Waals surface area contributed by atoms with E-state index in [4.69, 9.17) is 10.3 Å². The first-order valence-electron chi connectivity index (χ1n) is 4.20. The van der Waals surface area contributed by atoms with Gasteiger partial charge in [-0.15, -0.1) is 0 Å². The van der Waals surface area contributed by atoms with Crippen LogP contribution in [0.2, 0.25) is 0 Å². The van der Waals surface area contributed by atoms with E-state index in [1.807, 2.05) is 0 Å². The quantitative estimate of drug-likeness (QED) is 0.364. The van der Waals surface area contributed by atoms with Crippen molar-refractivity contribution in [2.75, 3.05) is 6.61 Å². The van der Waals surface area contributed by atoms with Crippen molar-refractivity contribution in [2.24, 2.45) is 5.11 Å². The lowest BCUT2D eigenvalue weighted by Gasteiger charge is -2.03. The zero-order valence-corrected chi connectivity index (χ0v) is 9.56. The number of esters is 1. The van der Waals surface area contributed by atoms with Crippen molar-refractivity contribution >= 4 is 27.6 Å². The molecule has 0 aliphatic heterocycles. The van der Waals surface area contributed by atoms with Gasteiger partial charge in [0.2, 0.25) is 0 Å². The molecule has 0 bridgehead atoms. The Hall–Kier alpha value is -1.52. The van der Waals surface area contributed by atoms with E-state index in [0.717, 1.165) is 0 Å². The van der Waals surface area contributed by atoms with Gasteiger partial charge in [0.25, 0.3) is 0 Å². The van der Waals surface area contributed by atoms with Crippen molar-refractivity contribution in [3.05, 3.63) is 38.7 Å². The van der Waals surface area contributed by atoms with Crippen molar-refractivity contribution in [1.29, 1.82) is 0 Å². The highest BCUT2D eigenvalue weighted by molar-refractivity contribution is 9.10. The number of hydrogen-bond acceptors (Lipinski definition) is 3. The van der Waals surface area contributed by atoms with Crippen molar-refractivity contribution in [3.63, 3.8) is 0 Å². The van der Waals surface area contributed by atoms with Crippen LogP contribution >= 0.6 is 15.9 Å². The number of carbonyl (C=O) groups is 1. The number of azide groups is 1. The molecule has 0 heterocycles. The Morgan fingerprint density at radius 3 is 2.93 bits per heavy atom. The molecule has 15 heavy (non-hydrogen) atoms. The highest BCUT2D eigenvalue weighted by atomic mass is 79.9. The third-order valence-electron chi connectivity index (χ3n) is 1.61. The van der Waals surface area contributed by atoms with Gasteiger partial charge in [-0.2, -0.15) is 0 Å². The number of halogens is 1. The highest BCUT2D eigenvalue weighted by Crippen LogP contribution is 2.26. The molecule has 1 aromatic carbocycles. The van der Waals surface area contributed by atoms with E-state index in [0.29, 0.717) is 22.3 Å². The maximum Gasteiger partial charge on any atom is 0.338 e. The minimum Gasteiger partial charge on any atom is -0.462 e. The summed E-state index contributed by atoms with van der Waals surface area (Å²) in [5, 5.41) is 3.43. The van der Waals surface area contributed by atoms with Gasteiger partial charge < -0.3 is 4.74 Å². The van der Waals surface area contributed by atoms with Crippen molar-refractivity contribution < 1.29 is 9.53 Å². The second-order valence-electron chi connectivity index (χ2n) is 2.58. The molecule has 0 saturated carbocycles. The monoisotopic (exact) mass is 269 g/mol. The lowest BCUT2D eigenvalue weighted by atomic mass is 10.2. The Balaban J connectivity index is 3.00. The van der Waals surface area contributed by atoms with Crippen LogP contribution in [0.3, 0.4) is 0 Å². The molecular formula is C9H8BrN3O2. The van der Waals surface area contributed by atoms with E-state index in [1.54, 1.807) is 25.1 Å². The largest absolute Gasteiger partial charge is 0.462 e. The van der Waals surface area contributed by atoms with Crippen LogP contribution in [0.1, 0.15) is 17.3 Å². The number of benzene rings is 1. The predicted molar refractivity (Wildman–Crippen MR) is 58.9 cm³/mol. The molecule has 0 N–H and O–H groups in total. The lowest BCUT2D eigenvalue weighted by Crippen LogP contribution is -2.04. The highest BCUT2D eigenvalue weighted by Gasteiger charge is 2.08. The summed E-state index contributed by atoms with van der Waals surface area (Å²) < 4.78 is 5.38. The van der Waals surface area contributed by atoms with Gasteiger partial charge in [-0.25, -0.2) is 4.79 Å². The molecule has 78 valence electrons. The Morgan fingerprint density at radius 2 is 2.40 bits per heavy atom. The van der Waals surface area contributed by atoms with E-state index in [9.17, 15) is 4.79 Å². The molecule has 0 atom stereocenters. The molecule has 6 heteroatoms. The summed E-state index contributed by atoms with van der Waals surface area (Å²) in [5.41, 5.74) is 9.11. The van der Waals surface area contributed by atoms with E-state index < -0.39 is 5.97 Å². The molecular weight excluding hydrogens is 262 g/mol. The molecule has 0 fully saturated rings. The minimum atomic E-state index is -0.398. The Labute approximate surface area is 94.8 Å². The first kappa shape index (κ1) is 11.6. The number of nitrogens with zero attached hydrogens (tertiary/aromatic N) is 3. The Kier molecular flexibility index (Phi) is 4.15. The van der Waals surface area contributed by atoms with Gasteiger partial charge in [0.1, 0.15) is 0 Å². The van der Waals surface area contributed by atoms with E-state index in [1.165, 1.54) is 0 Å². The van der Waals surface area contributed by atoms with Crippen LogP contribution in [0.4, 0.5) is 5.69 Å². The van der Waals surface area contributed by atoms with Gasteiger partial charge in [-0.05, 0) is 24.6 Å². The van der Waals surface area contributed by atoms with Crippen LogP contribution in [0.25, 0.3) is 10.4 Å². The van der Waals surface area contributed by atoms with Crippen LogP contribution < -0.4 is 0 Å². The maximum atomic E-state index is 11.3. The molecule has 5 nitrogen and oxygen atoms in total. The average molecular weight is 270 g/mol. The normalized spacial score (nSPS) is 9.20. The third kappa shape index (κ3) is 2.97. The SMILES string of the molecule is CCOC(=O)c1ccc(N=[N+]=[N-])c(Br)c1. The van der Waals surface area contributed by atoms with Gasteiger partial charge in [-0.1, -0.05) is 27.1 Å². The summed E-state index contributed by atoms with van der Waals surface area (Å²) in [4.78, 5) is 14.0. The molecule has 0 unspecified atom stereocenters. The van der Waals surface area contributed by atoms with Crippen molar-refractivity contribution in [1.82, 2.24) is 0 Å². The van der Waals surface area contributed by atoms with Crippen LogP contribution in [0.15, 0.2) is 27.8 Å². The van der Waals surface area contributed by atoms with E-state index in [2.05, 4.69) is 26.0 Å². The zero-order valence-electron chi connectivity index (χ0n) is 7.98. The number of ether oxygens (including phenoxy) is 1. The summed E-state index contributed by atoms with van der Waals surface area (Å²) in [7, 11) is 0. The standard InChI is InChI=1S/C9H8BrN3O2/c1-2-15-9(14)6-3-4-8(12-13-11)7(10)5-6/h3-5H,2H2,1H3. The molecule has 0 aromatic heterocycles. The van der Waals surface area contributed by atoms with Crippen LogP contribution in [0, 0.1) is 0 Å².